The molecule has 0 heterocycles. The molecule has 0 bridgehead atoms. The Hall–Kier alpha value is -2.61. The molecule has 31 heavy (non-hydrogen) atoms. The largest absolute Gasteiger partial charge is 0.444 e. The van der Waals surface area contributed by atoms with Gasteiger partial charge in [-0.25, -0.2) is 4.79 Å². The normalized spacial score (nSPS) is 12.1. The van der Waals surface area contributed by atoms with Crippen LogP contribution in [0.1, 0.15) is 64.1 Å². The number of rotatable bonds is 11. The number of aliphatic hydroxyl groups excluding tert-OH is 1. The molecule has 0 saturated carbocycles. The van der Waals surface area contributed by atoms with Crippen molar-refractivity contribution in [1.29, 1.82) is 0 Å². The number of hydrogen-bond donors (Lipinski definition) is 3. The van der Waals surface area contributed by atoms with Crippen LogP contribution in [0.2, 0.25) is 0 Å². The second kappa shape index (κ2) is 12.9. The molecule has 0 radical (unpaired) electrons. The molecule has 0 aliphatic carbocycles. The first-order valence-electron chi connectivity index (χ1n) is 10.8. The van der Waals surface area contributed by atoms with Crippen molar-refractivity contribution in [3.63, 3.8) is 0 Å². The van der Waals surface area contributed by atoms with E-state index in [2.05, 4.69) is 17.6 Å². The fraction of sp³-hybridized carbons (Fsp3) is 0.609. The van der Waals surface area contributed by atoms with Crippen LogP contribution in [0, 0.1) is 6.92 Å². The van der Waals surface area contributed by atoms with Crippen LogP contribution >= 0.6 is 0 Å². The van der Waals surface area contributed by atoms with Crippen LogP contribution in [0.25, 0.3) is 0 Å². The van der Waals surface area contributed by atoms with Gasteiger partial charge in [0.25, 0.3) is 0 Å². The third-order valence-electron chi connectivity index (χ3n) is 4.44. The highest BCUT2D eigenvalue weighted by atomic mass is 16.6. The molecule has 0 spiro atoms. The number of hydrogen-bond acceptors (Lipinski definition) is 5. The molecule has 174 valence electrons. The minimum Gasteiger partial charge on any atom is -0.444 e. The Labute approximate surface area is 185 Å². The van der Waals surface area contributed by atoms with Gasteiger partial charge in [-0.3, -0.25) is 9.59 Å². The van der Waals surface area contributed by atoms with E-state index in [1.165, 1.54) is 4.90 Å². The van der Waals surface area contributed by atoms with Crippen molar-refractivity contribution in [3.05, 3.63) is 35.4 Å². The van der Waals surface area contributed by atoms with Crippen LogP contribution in [0.15, 0.2) is 24.3 Å². The number of alkyl carbamates (subject to hydrolysis) is 1. The minimum atomic E-state index is -0.915. The maximum Gasteiger partial charge on any atom is 0.408 e. The molecule has 0 fully saturated rings. The average Bonchev–Trinajstić information content (AvgIpc) is 2.68. The Morgan fingerprint density at radius 1 is 1.16 bits per heavy atom. The van der Waals surface area contributed by atoms with Crippen LogP contribution in [-0.4, -0.2) is 59.8 Å². The van der Waals surface area contributed by atoms with E-state index < -0.39 is 23.6 Å². The van der Waals surface area contributed by atoms with Gasteiger partial charge in [-0.2, -0.15) is 0 Å². The number of aliphatic hydroxyl groups is 1. The van der Waals surface area contributed by atoms with Crippen molar-refractivity contribution in [2.24, 2.45) is 0 Å². The van der Waals surface area contributed by atoms with E-state index in [-0.39, 0.29) is 25.6 Å². The van der Waals surface area contributed by atoms with E-state index in [1.54, 1.807) is 26.8 Å². The van der Waals surface area contributed by atoms with Gasteiger partial charge in [-0.1, -0.05) is 49.6 Å². The predicted octanol–water partition coefficient (Wildman–Crippen LogP) is 2.69. The molecule has 1 aromatic rings. The molecular formula is C23H37N3O5. The number of nitrogens with one attached hydrogen (secondary N) is 2. The standard InChI is InChI=1S/C23H37N3O5/c1-6-7-8-12-24-21(29)20(18-11-9-10-17(2)15-18)26(13-14-27)19(28)16-25-22(30)31-23(3,4)5/h9-11,15,20,27H,6-8,12-14,16H2,1-5H3,(H,24,29)(H,25,30). The smallest absolute Gasteiger partial charge is 0.408 e. The molecule has 1 rings (SSSR count). The summed E-state index contributed by atoms with van der Waals surface area (Å²) in [5, 5.41) is 14.9. The first-order chi connectivity index (χ1) is 14.6. The lowest BCUT2D eigenvalue weighted by Gasteiger charge is -2.31. The Balaban J connectivity index is 3.04. The zero-order chi connectivity index (χ0) is 23.4. The number of ether oxygens (including phenoxy) is 1. The predicted molar refractivity (Wildman–Crippen MR) is 119 cm³/mol. The van der Waals surface area contributed by atoms with Crippen molar-refractivity contribution in [2.45, 2.75) is 65.5 Å². The van der Waals surface area contributed by atoms with E-state index in [9.17, 15) is 19.5 Å². The van der Waals surface area contributed by atoms with Gasteiger partial charge in [0.1, 0.15) is 18.2 Å². The first kappa shape index (κ1) is 26.4. The summed E-state index contributed by atoms with van der Waals surface area (Å²) in [6.07, 6.45) is 2.15. The molecular weight excluding hydrogens is 398 g/mol. The number of carbonyl (C=O) groups is 3. The van der Waals surface area contributed by atoms with Gasteiger partial charge < -0.3 is 25.4 Å². The molecule has 0 aromatic heterocycles. The van der Waals surface area contributed by atoms with Gasteiger partial charge in [0, 0.05) is 13.1 Å². The van der Waals surface area contributed by atoms with Gasteiger partial charge in [0.05, 0.1) is 6.61 Å². The second-order valence-electron chi connectivity index (χ2n) is 8.48. The topological polar surface area (TPSA) is 108 Å². The summed E-state index contributed by atoms with van der Waals surface area (Å²) in [6.45, 7) is 8.96. The van der Waals surface area contributed by atoms with Gasteiger partial charge in [0.2, 0.25) is 11.8 Å². The number of unbranched alkanes of at least 4 members (excludes halogenated alkanes) is 2. The van der Waals surface area contributed by atoms with Gasteiger partial charge >= 0.3 is 6.09 Å². The van der Waals surface area contributed by atoms with E-state index in [1.807, 2.05) is 25.1 Å². The van der Waals surface area contributed by atoms with Gasteiger partial charge in [-0.05, 0) is 39.7 Å². The number of aryl methyl sites for hydroxylation is 1. The summed E-state index contributed by atoms with van der Waals surface area (Å²) in [7, 11) is 0. The molecule has 0 saturated heterocycles. The van der Waals surface area contributed by atoms with Crippen LogP contribution in [0.4, 0.5) is 4.79 Å². The molecule has 3 N–H and O–H groups in total. The number of amides is 3. The monoisotopic (exact) mass is 435 g/mol. The Kier molecular flexibility index (Phi) is 11.0. The number of nitrogens with zero attached hydrogens (tertiary/aromatic N) is 1. The highest BCUT2D eigenvalue weighted by Crippen LogP contribution is 2.22. The first-order valence-corrected chi connectivity index (χ1v) is 10.8. The summed E-state index contributed by atoms with van der Waals surface area (Å²) >= 11 is 0. The summed E-state index contributed by atoms with van der Waals surface area (Å²) in [5.74, 6) is -0.809. The zero-order valence-corrected chi connectivity index (χ0v) is 19.4. The van der Waals surface area contributed by atoms with Crippen LogP contribution in [0.5, 0.6) is 0 Å². The third kappa shape index (κ3) is 9.83. The SMILES string of the molecule is CCCCCNC(=O)C(c1cccc(C)c1)N(CCO)C(=O)CNC(=O)OC(C)(C)C. The highest BCUT2D eigenvalue weighted by Gasteiger charge is 2.31. The Bertz CT molecular complexity index is 730. The van der Waals surface area contributed by atoms with Crippen LogP contribution in [0.3, 0.4) is 0 Å². The lowest BCUT2D eigenvalue weighted by Crippen LogP contribution is -2.48. The summed E-state index contributed by atoms with van der Waals surface area (Å²) in [5.41, 5.74) is 0.900. The quantitative estimate of drug-likeness (QED) is 0.463. The van der Waals surface area contributed by atoms with Crippen LogP contribution in [-0.2, 0) is 14.3 Å². The summed E-state index contributed by atoms with van der Waals surface area (Å²) < 4.78 is 5.16. The van der Waals surface area contributed by atoms with Crippen molar-refractivity contribution in [3.8, 4) is 0 Å². The molecule has 1 aromatic carbocycles. The maximum absolute atomic E-state index is 13.1. The molecule has 0 aliphatic heterocycles. The fourth-order valence-electron chi connectivity index (χ4n) is 3.07. The van der Waals surface area contributed by atoms with Crippen LogP contribution < -0.4 is 10.6 Å². The molecule has 1 unspecified atom stereocenters. The number of carbonyl (C=O) groups excluding carboxylic acids is 3. The lowest BCUT2D eigenvalue weighted by molar-refractivity contribution is -0.140. The van der Waals surface area contributed by atoms with E-state index >= 15 is 0 Å². The molecule has 1 atom stereocenters. The lowest BCUT2D eigenvalue weighted by atomic mass is 10.0. The molecule has 0 aliphatic rings. The van der Waals surface area contributed by atoms with Crippen molar-refractivity contribution in [2.75, 3.05) is 26.2 Å². The second-order valence-corrected chi connectivity index (χ2v) is 8.48. The van der Waals surface area contributed by atoms with E-state index in [0.717, 1.165) is 24.8 Å². The van der Waals surface area contributed by atoms with Crippen molar-refractivity contribution >= 4 is 17.9 Å². The van der Waals surface area contributed by atoms with Crippen molar-refractivity contribution < 1.29 is 24.2 Å². The van der Waals surface area contributed by atoms with Gasteiger partial charge in [-0.15, -0.1) is 0 Å². The Morgan fingerprint density at radius 2 is 1.87 bits per heavy atom. The maximum atomic E-state index is 13.1. The van der Waals surface area contributed by atoms with E-state index in [4.69, 9.17) is 4.74 Å². The third-order valence-corrected chi connectivity index (χ3v) is 4.44. The molecule has 3 amide bonds. The molecule has 8 nitrogen and oxygen atoms in total. The van der Waals surface area contributed by atoms with Gasteiger partial charge in [0.15, 0.2) is 0 Å². The molecule has 8 heteroatoms. The minimum absolute atomic E-state index is 0.0458. The Morgan fingerprint density at radius 3 is 2.45 bits per heavy atom. The highest BCUT2D eigenvalue weighted by molar-refractivity contribution is 5.90. The van der Waals surface area contributed by atoms with Crippen molar-refractivity contribution in [1.82, 2.24) is 15.5 Å². The fourth-order valence-corrected chi connectivity index (χ4v) is 3.07. The number of benzene rings is 1. The zero-order valence-electron chi connectivity index (χ0n) is 19.4. The average molecular weight is 436 g/mol. The summed E-state index contributed by atoms with van der Waals surface area (Å²) in [4.78, 5) is 39.2. The summed E-state index contributed by atoms with van der Waals surface area (Å²) in [6, 6.07) is 6.43. The van der Waals surface area contributed by atoms with E-state index in [0.29, 0.717) is 12.1 Å².